The lowest BCUT2D eigenvalue weighted by Crippen LogP contribution is -2.53. The van der Waals surface area contributed by atoms with E-state index < -0.39 is 34.3 Å². The highest BCUT2D eigenvalue weighted by atomic mass is 32.2. The molecule has 40 heavy (non-hydrogen) atoms. The minimum absolute atomic E-state index is 0.0585. The van der Waals surface area contributed by atoms with Crippen LogP contribution in [0.25, 0.3) is 0 Å². The summed E-state index contributed by atoms with van der Waals surface area (Å²) in [7, 11) is -4.30. The number of benzene rings is 3. The van der Waals surface area contributed by atoms with E-state index in [4.69, 9.17) is 0 Å². The fourth-order valence-corrected chi connectivity index (χ4v) is 6.47. The first kappa shape index (κ1) is 29.3. The molecule has 7 nitrogen and oxygen atoms in total. The maximum Gasteiger partial charge on any atom is 0.264 e. The number of halogens is 1. The second kappa shape index (κ2) is 13.6. The Bertz CT molecular complexity index is 1380. The van der Waals surface area contributed by atoms with Crippen molar-refractivity contribution in [3.05, 3.63) is 96.3 Å². The summed E-state index contributed by atoms with van der Waals surface area (Å²) in [5, 5.41) is 3.08. The van der Waals surface area contributed by atoms with Crippen LogP contribution in [0.5, 0.6) is 0 Å². The van der Waals surface area contributed by atoms with Gasteiger partial charge in [0.2, 0.25) is 11.8 Å². The third kappa shape index (κ3) is 7.27. The Morgan fingerprint density at radius 3 is 2.15 bits per heavy atom. The lowest BCUT2D eigenvalue weighted by atomic mass is 9.95. The molecule has 3 aromatic rings. The fourth-order valence-electron chi connectivity index (χ4n) is 5.03. The van der Waals surface area contributed by atoms with Crippen molar-refractivity contribution in [2.24, 2.45) is 0 Å². The van der Waals surface area contributed by atoms with E-state index in [1.165, 1.54) is 35.2 Å². The number of nitrogens with one attached hydrogen (secondary N) is 1. The Labute approximate surface area is 236 Å². The predicted octanol–water partition coefficient (Wildman–Crippen LogP) is 4.93. The summed E-state index contributed by atoms with van der Waals surface area (Å²) in [6.07, 6.45) is 5.50. The molecule has 0 saturated heterocycles. The van der Waals surface area contributed by atoms with Gasteiger partial charge in [-0.15, -0.1) is 0 Å². The predicted molar refractivity (Wildman–Crippen MR) is 154 cm³/mol. The molecule has 1 unspecified atom stereocenters. The van der Waals surface area contributed by atoms with Gasteiger partial charge in [0.25, 0.3) is 10.0 Å². The van der Waals surface area contributed by atoms with Crippen LogP contribution in [0.2, 0.25) is 0 Å². The van der Waals surface area contributed by atoms with Crippen LogP contribution in [0, 0.1) is 5.82 Å². The van der Waals surface area contributed by atoms with Crippen LogP contribution in [0.3, 0.4) is 0 Å². The number of hydrogen-bond donors (Lipinski definition) is 1. The van der Waals surface area contributed by atoms with Gasteiger partial charge in [0.1, 0.15) is 18.4 Å². The summed E-state index contributed by atoms with van der Waals surface area (Å²) >= 11 is 0. The van der Waals surface area contributed by atoms with E-state index in [1.54, 1.807) is 25.1 Å². The molecule has 1 aliphatic carbocycles. The first-order valence-electron chi connectivity index (χ1n) is 13.7. The highest BCUT2D eigenvalue weighted by molar-refractivity contribution is 7.92. The van der Waals surface area contributed by atoms with Gasteiger partial charge in [-0.25, -0.2) is 12.8 Å². The lowest BCUT2D eigenvalue weighted by molar-refractivity contribution is -0.139. The van der Waals surface area contributed by atoms with Crippen LogP contribution < -0.4 is 9.62 Å². The van der Waals surface area contributed by atoms with Crippen molar-refractivity contribution in [1.82, 2.24) is 10.2 Å². The SMILES string of the molecule is CC(C(=O)NC1CCCCC1)N(CCc1ccccc1)C(=O)CN(c1ccccc1F)S(=O)(=O)c1ccccc1. The van der Waals surface area contributed by atoms with Crippen LogP contribution in [0.1, 0.15) is 44.6 Å². The number of para-hydroxylation sites is 1. The van der Waals surface area contributed by atoms with Crippen molar-refractivity contribution < 1.29 is 22.4 Å². The molecule has 2 amide bonds. The number of sulfonamides is 1. The first-order chi connectivity index (χ1) is 19.3. The van der Waals surface area contributed by atoms with Gasteiger partial charge in [-0.05, 0) is 56.0 Å². The topological polar surface area (TPSA) is 86.8 Å². The molecule has 212 valence electrons. The lowest BCUT2D eigenvalue weighted by Gasteiger charge is -2.33. The number of nitrogens with zero attached hydrogens (tertiary/aromatic N) is 2. The van der Waals surface area contributed by atoms with Crippen molar-refractivity contribution in [1.29, 1.82) is 0 Å². The molecule has 9 heteroatoms. The van der Waals surface area contributed by atoms with Crippen molar-refractivity contribution in [2.75, 3.05) is 17.4 Å². The zero-order valence-corrected chi connectivity index (χ0v) is 23.5. The highest BCUT2D eigenvalue weighted by Crippen LogP contribution is 2.27. The minimum atomic E-state index is -4.30. The van der Waals surface area contributed by atoms with E-state index >= 15 is 0 Å². The standard InChI is InChI=1S/C31H36FN3O4S/c1-24(31(37)33-26-15-7-3-8-16-26)34(22-21-25-13-5-2-6-14-25)30(36)23-35(29-20-12-11-19-28(29)32)40(38,39)27-17-9-4-10-18-27/h2,4-6,9-14,17-20,24,26H,3,7-8,15-16,21-23H2,1H3,(H,33,37). The van der Waals surface area contributed by atoms with Crippen LogP contribution in [0.4, 0.5) is 10.1 Å². The van der Waals surface area contributed by atoms with Gasteiger partial charge >= 0.3 is 0 Å². The molecule has 1 saturated carbocycles. The van der Waals surface area contributed by atoms with Gasteiger partial charge in [-0.3, -0.25) is 13.9 Å². The van der Waals surface area contributed by atoms with Crippen molar-refractivity contribution in [2.45, 2.75) is 62.4 Å². The summed E-state index contributed by atoms with van der Waals surface area (Å²) in [5.74, 6) is -1.64. The Kier molecular flexibility index (Phi) is 9.93. The summed E-state index contributed by atoms with van der Waals surface area (Å²) in [6.45, 7) is 1.19. The largest absolute Gasteiger partial charge is 0.352 e. The molecule has 1 atom stereocenters. The molecular weight excluding hydrogens is 529 g/mol. The van der Waals surface area contributed by atoms with Crippen LogP contribution in [-0.2, 0) is 26.0 Å². The van der Waals surface area contributed by atoms with E-state index in [0.717, 1.165) is 48.0 Å². The average Bonchev–Trinajstić information content (AvgIpc) is 2.98. The normalized spacial score (nSPS) is 14.8. The smallest absolute Gasteiger partial charge is 0.264 e. The second-order valence-corrected chi connectivity index (χ2v) is 12.0. The van der Waals surface area contributed by atoms with E-state index in [9.17, 15) is 22.4 Å². The third-order valence-electron chi connectivity index (χ3n) is 7.33. The number of carbonyl (C=O) groups excluding carboxylic acids is 2. The Balaban J connectivity index is 1.63. The fraction of sp³-hybridized carbons (Fsp3) is 0.355. The molecular formula is C31H36FN3O4S. The molecule has 0 aliphatic heterocycles. The second-order valence-electron chi connectivity index (χ2n) is 10.1. The molecule has 1 fully saturated rings. The number of carbonyl (C=O) groups is 2. The summed E-state index contributed by atoms with van der Waals surface area (Å²) in [5.41, 5.74) is 0.741. The molecule has 1 aliphatic rings. The molecule has 0 spiro atoms. The van der Waals surface area contributed by atoms with Gasteiger partial charge in [0.05, 0.1) is 10.6 Å². The molecule has 0 heterocycles. The summed E-state index contributed by atoms with van der Waals surface area (Å²) in [4.78, 5) is 28.5. The Morgan fingerprint density at radius 1 is 0.900 bits per heavy atom. The van der Waals surface area contributed by atoms with E-state index in [-0.39, 0.29) is 29.1 Å². The van der Waals surface area contributed by atoms with E-state index in [2.05, 4.69) is 5.32 Å². The molecule has 0 aromatic heterocycles. The summed E-state index contributed by atoms with van der Waals surface area (Å²) < 4.78 is 43.1. The van der Waals surface area contributed by atoms with Crippen molar-refractivity contribution >= 4 is 27.5 Å². The Morgan fingerprint density at radius 2 is 1.50 bits per heavy atom. The van der Waals surface area contributed by atoms with Gasteiger partial charge in [0.15, 0.2) is 0 Å². The van der Waals surface area contributed by atoms with Gasteiger partial charge in [-0.1, -0.05) is 79.9 Å². The first-order valence-corrected chi connectivity index (χ1v) is 15.2. The maximum absolute atomic E-state index is 15.0. The van der Waals surface area contributed by atoms with Crippen LogP contribution >= 0.6 is 0 Å². The van der Waals surface area contributed by atoms with Crippen molar-refractivity contribution in [3.63, 3.8) is 0 Å². The highest BCUT2D eigenvalue weighted by Gasteiger charge is 2.33. The maximum atomic E-state index is 15.0. The number of amides is 2. The molecule has 1 N–H and O–H groups in total. The molecule has 0 radical (unpaired) electrons. The molecule has 0 bridgehead atoms. The molecule has 4 rings (SSSR count). The van der Waals surface area contributed by atoms with Crippen LogP contribution in [0.15, 0.2) is 89.8 Å². The van der Waals surface area contributed by atoms with Crippen LogP contribution in [-0.4, -0.2) is 50.3 Å². The average molecular weight is 566 g/mol. The van der Waals surface area contributed by atoms with Gasteiger partial charge < -0.3 is 10.2 Å². The third-order valence-corrected chi connectivity index (χ3v) is 9.11. The van der Waals surface area contributed by atoms with E-state index in [1.807, 2.05) is 30.3 Å². The van der Waals surface area contributed by atoms with Gasteiger partial charge in [-0.2, -0.15) is 0 Å². The Hall–Kier alpha value is -3.72. The quantitative estimate of drug-likeness (QED) is 0.357. The number of anilines is 1. The van der Waals surface area contributed by atoms with Crippen molar-refractivity contribution in [3.8, 4) is 0 Å². The minimum Gasteiger partial charge on any atom is -0.352 e. The van der Waals surface area contributed by atoms with E-state index in [0.29, 0.717) is 6.42 Å². The monoisotopic (exact) mass is 565 g/mol. The number of hydrogen-bond acceptors (Lipinski definition) is 4. The summed E-state index contributed by atoms with van der Waals surface area (Å²) in [6, 6.07) is 21.8. The zero-order chi connectivity index (χ0) is 28.5. The number of rotatable bonds is 11. The zero-order valence-electron chi connectivity index (χ0n) is 22.7. The van der Waals surface area contributed by atoms with Gasteiger partial charge in [0, 0.05) is 12.6 Å². The molecule has 3 aromatic carbocycles.